The fraction of sp³-hybridized carbons (Fsp3) is 0.947. The van der Waals surface area contributed by atoms with Crippen molar-refractivity contribution in [3.8, 4) is 0 Å². The van der Waals surface area contributed by atoms with Crippen LogP contribution in [0.25, 0.3) is 0 Å². The summed E-state index contributed by atoms with van der Waals surface area (Å²) < 4.78 is 5.23. The molecule has 5 nitrogen and oxygen atoms in total. The van der Waals surface area contributed by atoms with E-state index < -0.39 is 6.10 Å². The van der Waals surface area contributed by atoms with Crippen LogP contribution in [0.5, 0.6) is 0 Å². The highest BCUT2D eigenvalue weighted by Crippen LogP contribution is 2.10. The van der Waals surface area contributed by atoms with Crippen LogP contribution in [-0.2, 0) is 9.53 Å². The third kappa shape index (κ3) is 16.2. The molecule has 0 amide bonds. The van der Waals surface area contributed by atoms with Gasteiger partial charge >= 0.3 is 5.97 Å². The highest BCUT2D eigenvalue weighted by atomic mass is 16.5. The van der Waals surface area contributed by atoms with Crippen LogP contribution >= 0.6 is 0 Å². The maximum Gasteiger partial charge on any atom is 0.305 e. The molecule has 1 unspecified atom stereocenters. The minimum Gasteiger partial charge on any atom is -0.464 e. The fourth-order valence-electron chi connectivity index (χ4n) is 2.75. The Bertz CT molecular complexity index is 285. The van der Waals surface area contributed by atoms with Crippen molar-refractivity contribution in [1.82, 2.24) is 4.90 Å². The Morgan fingerprint density at radius 2 is 1.58 bits per heavy atom. The van der Waals surface area contributed by atoms with Gasteiger partial charge in [-0.05, 0) is 13.3 Å². The number of hydrogen-bond acceptors (Lipinski definition) is 5. The Balaban J connectivity index is 3.48. The van der Waals surface area contributed by atoms with Crippen molar-refractivity contribution in [3.63, 3.8) is 0 Å². The molecule has 5 heteroatoms. The van der Waals surface area contributed by atoms with E-state index in [1.807, 2.05) is 4.90 Å². The van der Waals surface area contributed by atoms with Gasteiger partial charge in [-0.15, -0.1) is 0 Å². The molecule has 0 aliphatic rings. The third-order valence-corrected chi connectivity index (χ3v) is 4.09. The number of hydrogen-bond donors (Lipinski definition) is 2. The molecular weight excluding hydrogens is 306 g/mol. The van der Waals surface area contributed by atoms with Crippen LogP contribution in [0.4, 0.5) is 0 Å². The van der Waals surface area contributed by atoms with Gasteiger partial charge in [0.25, 0.3) is 0 Å². The summed E-state index contributed by atoms with van der Waals surface area (Å²) in [5.74, 6) is -0.140. The second kappa shape index (κ2) is 17.2. The van der Waals surface area contributed by atoms with Crippen molar-refractivity contribution in [2.75, 3.05) is 32.8 Å². The topological polar surface area (TPSA) is 70.0 Å². The predicted molar refractivity (Wildman–Crippen MR) is 98.0 cm³/mol. The van der Waals surface area contributed by atoms with E-state index in [1.165, 1.54) is 44.9 Å². The largest absolute Gasteiger partial charge is 0.464 e. The lowest BCUT2D eigenvalue weighted by molar-refractivity contribution is -0.144. The lowest BCUT2D eigenvalue weighted by atomic mass is 10.1. The van der Waals surface area contributed by atoms with Gasteiger partial charge in [-0.2, -0.15) is 0 Å². The normalized spacial score (nSPS) is 12.5. The first kappa shape index (κ1) is 23.4. The van der Waals surface area contributed by atoms with Crippen LogP contribution in [0.2, 0.25) is 0 Å². The number of carbonyl (C=O) groups is 1. The minimum absolute atomic E-state index is 0.0408. The van der Waals surface area contributed by atoms with Gasteiger partial charge in [0.1, 0.15) is 6.61 Å². The molecule has 0 spiro atoms. The SMILES string of the molecule is CCCCCCCCCCCC(=O)OCCN(CCO)CC(C)O. The van der Waals surface area contributed by atoms with Crippen molar-refractivity contribution in [2.45, 2.75) is 84.2 Å². The molecule has 0 aliphatic carbocycles. The zero-order chi connectivity index (χ0) is 18.0. The summed E-state index contributed by atoms with van der Waals surface area (Å²) in [7, 11) is 0. The lowest BCUT2D eigenvalue weighted by Gasteiger charge is -2.22. The molecular formula is C19H39NO4. The highest BCUT2D eigenvalue weighted by Gasteiger charge is 2.09. The average molecular weight is 346 g/mol. The van der Waals surface area contributed by atoms with Gasteiger partial charge < -0.3 is 14.9 Å². The number of ether oxygens (including phenoxy) is 1. The third-order valence-electron chi connectivity index (χ3n) is 4.09. The van der Waals surface area contributed by atoms with E-state index in [0.29, 0.717) is 32.7 Å². The molecule has 1 atom stereocenters. The summed E-state index contributed by atoms with van der Waals surface area (Å²) in [6, 6.07) is 0. The quantitative estimate of drug-likeness (QED) is 0.313. The molecule has 0 saturated heterocycles. The van der Waals surface area contributed by atoms with E-state index >= 15 is 0 Å². The summed E-state index contributed by atoms with van der Waals surface area (Å²) in [4.78, 5) is 13.6. The number of nitrogens with zero attached hydrogens (tertiary/aromatic N) is 1. The highest BCUT2D eigenvalue weighted by molar-refractivity contribution is 5.69. The molecule has 0 aromatic rings. The number of aliphatic hydroxyl groups is 2. The second-order valence-corrected chi connectivity index (χ2v) is 6.67. The molecule has 0 radical (unpaired) electrons. The number of rotatable bonds is 17. The minimum atomic E-state index is -0.450. The molecule has 2 N–H and O–H groups in total. The van der Waals surface area contributed by atoms with Crippen LogP contribution in [0.3, 0.4) is 0 Å². The van der Waals surface area contributed by atoms with E-state index in [4.69, 9.17) is 9.84 Å². The Kier molecular flexibility index (Phi) is 16.7. The second-order valence-electron chi connectivity index (χ2n) is 6.67. The van der Waals surface area contributed by atoms with E-state index in [-0.39, 0.29) is 12.6 Å². The molecule has 0 rings (SSSR count). The summed E-state index contributed by atoms with van der Waals surface area (Å²) in [5.41, 5.74) is 0. The Labute approximate surface area is 148 Å². The van der Waals surface area contributed by atoms with Gasteiger partial charge in [0.15, 0.2) is 0 Å². The smallest absolute Gasteiger partial charge is 0.305 e. The number of carbonyl (C=O) groups excluding carboxylic acids is 1. The summed E-state index contributed by atoms with van der Waals surface area (Å²) >= 11 is 0. The maximum atomic E-state index is 11.7. The van der Waals surface area contributed by atoms with E-state index in [9.17, 15) is 9.90 Å². The summed E-state index contributed by atoms with van der Waals surface area (Å²) in [6.07, 6.45) is 11.2. The first-order valence-electron chi connectivity index (χ1n) is 9.77. The van der Waals surface area contributed by atoms with Crippen LogP contribution in [0, 0.1) is 0 Å². The van der Waals surface area contributed by atoms with Crippen LogP contribution < -0.4 is 0 Å². The number of esters is 1. The summed E-state index contributed by atoms with van der Waals surface area (Å²) in [6.45, 7) is 5.82. The van der Waals surface area contributed by atoms with Gasteiger partial charge in [0, 0.05) is 26.1 Å². The Morgan fingerprint density at radius 1 is 1.00 bits per heavy atom. The zero-order valence-corrected chi connectivity index (χ0v) is 15.8. The molecule has 0 aromatic heterocycles. The van der Waals surface area contributed by atoms with E-state index in [2.05, 4.69) is 6.92 Å². The predicted octanol–water partition coefficient (Wildman–Crippen LogP) is 3.13. The molecule has 144 valence electrons. The molecule has 24 heavy (non-hydrogen) atoms. The summed E-state index contributed by atoms with van der Waals surface area (Å²) in [5, 5.41) is 18.3. The lowest BCUT2D eigenvalue weighted by Crippen LogP contribution is -2.36. The Hall–Kier alpha value is -0.650. The maximum absolute atomic E-state index is 11.7. The first-order valence-corrected chi connectivity index (χ1v) is 9.77. The number of unbranched alkanes of at least 4 members (excludes halogenated alkanes) is 8. The molecule has 0 aliphatic heterocycles. The van der Waals surface area contributed by atoms with Crippen molar-refractivity contribution in [2.24, 2.45) is 0 Å². The van der Waals surface area contributed by atoms with Crippen LogP contribution in [0.1, 0.15) is 78.1 Å². The first-order chi connectivity index (χ1) is 11.6. The molecule has 0 saturated carbocycles. The van der Waals surface area contributed by atoms with Gasteiger partial charge in [-0.1, -0.05) is 58.3 Å². The van der Waals surface area contributed by atoms with Gasteiger partial charge in [0.05, 0.1) is 12.7 Å². The van der Waals surface area contributed by atoms with Crippen LogP contribution in [0.15, 0.2) is 0 Å². The van der Waals surface area contributed by atoms with Gasteiger partial charge in [0.2, 0.25) is 0 Å². The van der Waals surface area contributed by atoms with Gasteiger partial charge in [-0.3, -0.25) is 9.69 Å². The van der Waals surface area contributed by atoms with E-state index in [0.717, 1.165) is 12.8 Å². The molecule has 0 aromatic carbocycles. The monoisotopic (exact) mass is 345 g/mol. The Morgan fingerprint density at radius 3 is 2.12 bits per heavy atom. The van der Waals surface area contributed by atoms with Crippen molar-refractivity contribution in [3.05, 3.63) is 0 Å². The van der Waals surface area contributed by atoms with Crippen molar-refractivity contribution < 1.29 is 19.7 Å². The van der Waals surface area contributed by atoms with Gasteiger partial charge in [-0.25, -0.2) is 0 Å². The number of aliphatic hydroxyl groups excluding tert-OH is 2. The molecule has 0 heterocycles. The zero-order valence-electron chi connectivity index (χ0n) is 15.8. The average Bonchev–Trinajstić information content (AvgIpc) is 2.53. The fourth-order valence-corrected chi connectivity index (χ4v) is 2.75. The molecule has 0 fully saturated rings. The van der Waals surface area contributed by atoms with Crippen LogP contribution in [-0.4, -0.2) is 60.0 Å². The van der Waals surface area contributed by atoms with Crippen molar-refractivity contribution in [1.29, 1.82) is 0 Å². The molecule has 0 bridgehead atoms. The van der Waals surface area contributed by atoms with E-state index in [1.54, 1.807) is 6.92 Å². The van der Waals surface area contributed by atoms with Crippen molar-refractivity contribution >= 4 is 5.97 Å². The standard InChI is InChI=1S/C19H39NO4/c1-3-4-5-6-7-8-9-10-11-12-19(23)24-16-14-20(13-15-21)17-18(2)22/h18,21-22H,3-17H2,1-2H3.